The van der Waals surface area contributed by atoms with Crippen molar-refractivity contribution in [3.8, 4) is 17.0 Å². The molecule has 0 spiro atoms. The molecule has 2 aromatic carbocycles. The van der Waals surface area contributed by atoms with Crippen LogP contribution in [0.25, 0.3) is 22.2 Å². The highest BCUT2D eigenvalue weighted by Crippen LogP contribution is 2.30. The molecule has 3 rings (SSSR count). The molecule has 0 amide bonds. The van der Waals surface area contributed by atoms with Crippen LogP contribution in [0.2, 0.25) is 0 Å². The SMILES string of the molecule is O=c1nc(-c2ccccc2O)c2ccccc2[nH]1. The van der Waals surface area contributed by atoms with Gasteiger partial charge in [0.2, 0.25) is 0 Å². The monoisotopic (exact) mass is 238 g/mol. The number of hydrogen-bond donors (Lipinski definition) is 2. The molecule has 4 nitrogen and oxygen atoms in total. The van der Waals surface area contributed by atoms with E-state index in [9.17, 15) is 9.90 Å². The summed E-state index contributed by atoms with van der Waals surface area (Å²) in [6, 6.07) is 14.2. The number of rotatable bonds is 1. The van der Waals surface area contributed by atoms with Crippen molar-refractivity contribution in [2.45, 2.75) is 0 Å². The highest BCUT2D eigenvalue weighted by atomic mass is 16.3. The fourth-order valence-electron chi connectivity index (χ4n) is 1.98. The van der Waals surface area contributed by atoms with Crippen molar-refractivity contribution in [2.75, 3.05) is 0 Å². The molecule has 0 aliphatic carbocycles. The number of hydrogen-bond acceptors (Lipinski definition) is 3. The Morgan fingerprint density at radius 1 is 1.00 bits per heavy atom. The van der Waals surface area contributed by atoms with Crippen LogP contribution in [-0.2, 0) is 0 Å². The van der Waals surface area contributed by atoms with E-state index in [2.05, 4.69) is 9.97 Å². The van der Waals surface area contributed by atoms with Gasteiger partial charge in [0.1, 0.15) is 5.75 Å². The summed E-state index contributed by atoms with van der Waals surface area (Å²) in [5, 5.41) is 10.7. The van der Waals surface area contributed by atoms with Crippen molar-refractivity contribution in [3.63, 3.8) is 0 Å². The number of aromatic nitrogens is 2. The fraction of sp³-hybridized carbons (Fsp3) is 0. The van der Waals surface area contributed by atoms with E-state index >= 15 is 0 Å². The molecule has 0 unspecified atom stereocenters. The number of nitrogens with zero attached hydrogens (tertiary/aromatic N) is 1. The summed E-state index contributed by atoms with van der Waals surface area (Å²) in [6.45, 7) is 0. The number of nitrogens with one attached hydrogen (secondary N) is 1. The van der Waals surface area contributed by atoms with Crippen LogP contribution in [0.1, 0.15) is 0 Å². The minimum absolute atomic E-state index is 0.112. The van der Waals surface area contributed by atoms with Crippen LogP contribution in [-0.4, -0.2) is 15.1 Å². The van der Waals surface area contributed by atoms with Gasteiger partial charge >= 0.3 is 5.69 Å². The predicted molar refractivity (Wildman–Crippen MR) is 69.5 cm³/mol. The molecule has 0 aliphatic rings. The van der Waals surface area contributed by atoms with Crippen molar-refractivity contribution in [3.05, 3.63) is 59.0 Å². The van der Waals surface area contributed by atoms with E-state index < -0.39 is 5.69 Å². The van der Waals surface area contributed by atoms with Crippen LogP contribution >= 0.6 is 0 Å². The third-order valence-electron chi connectivity index (χ3n) is 2.80. The molecule has 4 heteroatoms. The van der Waals surface area contributed by atoms with Crippen molar-refractivity contribution >= 4 is 10.9 Å². The molecule has 0 saturated carbocycles. The number of H-pyrrole nitrogens is 1. The van der Waals surface area contributed by atoms with Gasteiger partial charge in [-0.1, -0.05) is 30.3 Å². The number of phenols is 1. The van der Waals surface area contributed by atoms with E-state index in [0.717, 1.165) is 5.39 Å². The summed E-state index contributed by atoms with van der Waals surface area (Å²) in [4.78, 5) is 18.2. The molecule has 1 heterocycles. The Morgan fingerprint density at radius 2 is 1.72 bits per heavy atom. The first-order valence-electron chi connectivity index (χ1n) is 5.53. The van der Waals surface area contributed by atoms with Gasteiger partial charge in [0.05, 0.1) is 11.2 Å². The van der Waals surface area contributed by atoms with E-state index in [1.165, 1.54) is 0 Å². The maximum absolute atomic E-state index is 11.5. The van der Waals surface area contributed by atoms with Crippen molar-refractivity contribution < 1.29 is 5.11 Å². The van der Waals surface area contributed by atoms with Crippen LogP contribution in [0, 0.1) is 0 Å². The number of fused-ring (bicyclic) bond motifs is 1. The van der Waals surface area contributed by atoms with E-state index in [4.69, 9.17) is 0 Å². The van der Waals surface area contributed by atoms with Crippen molar-refractivity contribution in [1.29, 1.82) is 0 Å². The molecule has 2 N–H and O–H groups in total. The molecule has 0 bridgehead atoms. The summed E-state index contributed by atoms with van der Waals surface area (Å²) < 4.78 is 0. The van der Waals surface area contributed by atoms with Crippen molar-refractivity contribution in [2.24, 2.45) is 0 Å². The molecule has 3 aromatic rings. The Morgan fingerprint density at radius 3 is 2.56 bits per heavy atom. The Bertz CT molecular complexity index is 778. The summed E-state index contributed by atoms with van der Waals surface area (Å²) in [5.41, 5.74) is 1.33. The summed E-state index contributed by atoms with van der Waals surface area (Å²) >= 11 is 0. The molecule has 0 fully saturated rings. The first-order chi connectivity index (χ1) is 8.75. The van der Waals surface area contributed by atoms with Gasteiger partial charge in [-0.2, -0.15) is 4.98 Å². The number of para-hydroxylation sites is 2. The van der Waals surface area contributed by atoms with Gasteiger partial charge < -0.3 is 10.1 Å². The lowest BCUT2D eigenvalue weighted by molar-refractivity contribution is 0.477. The molecule has 0 aliphatic heterocycles. The van der Waals surface area contributed by atoms with E-state index in [-0.39, 0.29) is 5.75 Å². The minimum Gasteiger partial charge on any atom is -0.507 e. The molecule has 0 atom stereocenters. The standard InChI is InChI=1S/C14H10N2O2/c17-12-8-4-2-6-10(12)13-9-5-1-3-7-11(9)15-14(18)16-13/h1-8,17H,(H,15,16,18). The first-order valence-corrected chi connectivity index (χ1v) is 5.53. The van der Waals surface area contributed by atoms with Gasteiger partial charge in [-0.3, -0.25) is 0 Å². The topological polar surface area (TPSA) is 66.0 Å². The number of phenolic OH excluding ortho intramolecular Hbond substituents is 1. The molecular formula is C14H10N2O2. The summed E-state index contributed by atoms with van der Waals surface area (Å²) in [7, 11) is 0. The second-order valence-electron chi connectivity index (χ2n) is 3.95. The zero-order valence-corrected chi connectivity index (χ0v) is 9.42. The second kappa shape index (κ2) is 4.00. The predicted octanol–water partition coefficient (Wildman–Crippen LogP) is 2.30. The summed E-state index contributed by atoms with van der Waals surface area (Å²) in [6.07, 6.45) is 0. The smallest absolute Gasteiger partial charge is 0.345 e. The fourth-order valence-corrected chi connectivity index (χ4v) is 1.98. The van der Waals surface area contributed by atoms with Crippen LogP contribution < -0.4 is 5.69 Å². The van der Waals surface area contributed by atoms with Gasteiger partial charge in [0, 0.05) is 10.9 Å². The van der Waals surface area contributed by atoms with Gasteiger partial charge in [0.25, 0.3) is 0 Å². The largest absolute Gasteiger partial charge is 0.507 e. The zero-order valence-electron chi connectivity index (χ0n) is 9.42. The normalized spacial score (nSPS) is 10.7. The summed E-state index contributed by atoms with van der Waals surface area (Å²) in [5.74, 6) is 0.112. The van der Waals surface area contributed by atoms with Gasteiger partial charge in [-0.15, -0.1) is 0 Å². The quantitative estimate of drug-likeness (QED) is 0.683. The number of aromatic hydroxyl groups is 1. The molecule has 0 radical (unpaired) electrons. The lowest BCUT2D eigenvalue weighted by Crippen LogP contribution is -2.11. The van der Waals surface area contributed by atoms with Crippen LogP contribution in [0.4, 0.5) is 0 Å². The highest BCUT2D eigenvalue weighted by Gasteiger charge is 2.10. The zero-order chi connectivity index (χ0) is 12.5. The third-order valence-corrected chi connectivity index (χ3v) is 2.80. The molecule has 0 saturated heterocycles. The maximum atomic E-state index is 11.5. The van der Waals surface area contributed by atoms with Crippen LogP contribution in [0.3, 0.4) is 0 Å². The molecule has 18 heavy (non-hydrogen) atoms. The highest BCUT2D eigenvalue weighted by molar-refractivity contribution is 5.93. The van der Waals surface area contributed by atoms with Crippen molar-refractivity contribution in [1.82, 2.24) is 9.97 Å². The van der Waals surface area contributed by atoms with E-state index in [1.54, 1.807) is 24.3 Å². The molecule has 1 aromatic heterocycles. The molecule has 88 valence electrons. The van der Waals surface area contributed by atoms with E-state index in [1.807, 2.05) is 24.3 Å². The average Bonchev–Trinajstić information content (AvgIpc) is 2.38. The third kappa shape index (κ3) is 1.64. The maximum Gasteiger partial charge on any atom is 0.345 e. The van der Waals surface area contributed by atoms with Gasteiger partial charge in [-0.25, -0.2) is 4.79 Å². The first kappa shape index (κ1) is 10.5. The van der Waals surface area contributed by atoms with Crippen LogP contribution in [0.15, 0.2) is 53.3 Å². The Balaban J connectivity index is 2.42. The number of benzene rings is 2. The second-order valence-corrected chi connectivity index (χ2v) is 3.95. The average molecular weight is 238 g/mol. The van der Waals surface area contributed by atoms with E-state index in [0.29, 0.717) is 16.8 Å². The van der Waals surface area contributed by atoms with Crippen LogP contribution in [0.5, 0.6) is 5.75 Å². The Labute approximate surface area is 103 Å². The Kier molecular flexibility index (Phi) is 2.34. The minimum atomic E-state index is -0.424. The van der Waals surface area contributed by atoms with Gasteiger partial charge in [0.15, 0.2) is 0 Å². The lowest BCUT2D eigenvalue weighted by atomic mass is 10.1. The molecular weight excluding hydrogens is 228 g/mol. The number of aromatic amines is 1. The Hall–Kier alpha value is -2.62. The van der Waals surface area contributed by atoms with Gasteiger partial charge in [-0.05, 0) is 18.2 Å². The lowest BCUT2D eigenvalue weighted by Gasteiger charge is -2.06.